The molecule has 0 radical (unpaired) electrons. The second-order valence-corrected chi connectivity index (χ2v) is 7.79. The summed E-state index contributed by atoms with van der Waals surface area (Å²) in [6.07, 6.45) is 0.263. The Morgan fingerprint density at radius 3 is 2.29 bits per heavy atom. The molecule has 7 nitrogen and oxygen atoms in total. The fourth-order valence-corrected chi connectivity index (χ4v) is 3.33. The maximum Gasteiger partial charge on any atom is 0.387 e. The third-order valence-corrected chi connectivity index (χ3v) is 5.11. The van der Waals surface area contributed by atoms with Gasteiger partial charge in [0.25, 0.3) is 5.91 Å². The summed E-state index contributed by atoms with van der Waals surface area (Å²) >= 11 is 0. The van der Waals surface area contributed by atoms with E-state index in [0.29, 0.717) is 35.8 Å². The molecule has 0 aliphatic heterocycles. The minimum absolute atomic E-state index is 0.106. The molecule has 0 heterocycles. The first-order chi connectivity index (χ1) is 16.8. The highest BCUT2D eigenvalue weighted by atomic mass is 19.3. The summed E-state index contributed by atoms with van der Waals surface area (Å²) < 4.78 is 34.0. The summed E-state index contributed by atoms with van der Waals surface area (Å²) in [5.41, 5.74) is 2.51. The third kappa shape index (κ3) is 8.08. The van der Waals surface area contributed by atoms with Crippen LogP contribution in [-0.4, -0.2) is 44.0 Å². The molecule has 3 aromatic carbocycles. The Morgan fingerprint density at radius 1 is 0.943 bits per heavy atom. The van der Waals surface area contributed by atoms with Gasteiger partial charge in [-0.2, -0.15) is 8.78 Å². The van der Waals surface area contributed by atoms with E-state index in [1.54, 1.807) is 54.6 Å². The molecule has 0 atom stereocenters. The number of hydrogen-bond donors (Lipinski definition) is 2. The van der Waals surface area contributed by atoms with E-state index in [-0.39, 0.29) is 24.0 Å². The van der Waals surface area contributed by atoms with Crippen LogP contribution in [0.1, 0.15) is 22.3 Å². The average molecular weight is 484 g/mol. The van der Waals surface area contributed by atoms with Gasteiger partial charge in [0.05, 0.1) is 12.8 Å². The molecule has 184 valence electrons. The van der Waals surface area contributed by atoms with Crippen LogP contribution >= 0.6 is 0 Å². The first-order valence-electron chi connectivity index (χ1n) is 10.9. The quantitative estimate of drug-likeness (QED) is 0.401. The number of nitrogens with zero attached hydrogens (tertiary/aromatic N) is 1. The number of halogens is 2. The first-order valence-corrected chi connectivity index (χ1v) is 10.9. The lowest BCUT2D eigenvalue weighted by Gasteiger charge is -2.17. The summed E-state index contributed by atoms with van der Waals surface area (Å²) in [6, 6.07) is 20.1. The number of alkyl halides is 2. The van der Waals surface area contributed by atoms with Crippen molar-refractivity contribution in [2.24, 2.45) is 0 Å². The predicted octanol–water partition coefficient (Wildman–Crippen LogP) is 5.01. The Hall–Kier alpha value is -3.98. The fourth-order valence-electron chi connectivity index (χ4n) is 3.33. The van der Waals surface area contributed by atoms with Gasteiger partial charge in [0.1, 0.15) is 11.5 Å². The molecule has 2 amide bonds. The summed E-state index contributed by atoms with van der Waals surface area (Å²) in [6.45, 7) is -1.80. The Morgan fingerprint density at radius 2 is 1.63 bits per heavy atom. The number of carbonyl (C=O) groups is 2. The summed E-state index contributed by atoms with van der Waals surface area (Å²) in [7, 11) is 3.40. The van der Waals surface area contributed by atoms with Crippen LogP contribution in [0.3, 0.4) is 0 Å². The maximum atomic E-state index is 12.5. The molecule has 3 rings (SSSR count). The lowest BCUT2D eigenvalue weighted by molar-refractivity contribution is -0.116. The lowest BCUT2D eigenvalue weighted by Crippen LogP contribution is -2.24. The van der Waals surface area contributed by atoms with Crippen molar-refractivity contribution in [3.05, 3.63) is 83.9 Å². The highest BCUT2D eigenvalue weighted by Crippen LogP contribution is 2.24. The minimum atomic E-state index is -2.85. The Bertz CT molecular complexity index is 1120. The van der Waals surface area contributed by atoms with Crippen LogP contribution in [0.5, 0.6) is 11.5 Å². The molecular weight excluding hydrogens is 456 g/mol. The van der Waals surface area contributed by atoms with E-state index in [1.807, 2.05) is 18.0 Å². The summed E-state index contributed by atoms with van der Waals surface area (Å²) in [5, 5.41) is 5.62. The highest BCUT2D eigenvalue weighted by molar-refractivity contribution is 6.05. The van der Waals surface area contributed by atoms with Gasteiger partial charge in [-0.25, -0.2) is 0 Å². The van der Waals surface area contributed by atoms with Crippen LogP contribution < -0.4 is 20.1 Å². The van der Waals surface area contributed by atoms with Gasteiger partial charge >= 0.3 is 6.61 Å². The predicted molar refractivity (Wildman–Crippen MR) is 130 cm³/mol. The Labute approximate surface area is 202 Å². The van der Waals surface area contributed by atoms with Gasteiger partial charge in [-0.15, -0.1) is 0 Å². The zero-order valence-corrected chi connectivity index (χ0v) is 19.5. The van der Waals surface area contributed by atoms with E-state index in [0.717, 1.165) is 5.56 Å². The van der Waals surface area contributed by atoms with Gasteiger partial charge in [-0.1, -0.05) is 24.3 Å². The zero-order valence-electron chi connectivity index (χ0n) is 19.5. The fraction of sp³-hybridized carbons (Fsp3) is 0.231. The van der Waals surface area contributed by atoms with Crippen LogP contribution in [0.15, 0.2) is 72.8 Å². The van der Waals surface area contributed by atoms with Crippen LogP contribution in [0.4, 0.5) is 20.2 Å². The molecule has 0 bridgehead atoms. The number of rotatable bonds is 11. The molecule has 0 aromatic heterocycles. The number of ether oxygens (including phenoxy) is 2. The topological polar surface area (TPSA) is 79.9 Å². The molecule has 9 heteroatoms. The standard InChI is InChI=1S/C26H27F2N3O4/c1-31(17-18-7-13-21(14-8-18)35-26(27)28)16-15-24(32)29-20-11-9-19(10-12-20)25(33)30-22-5-3-4-6-23(22)34-2/h3-14,26H,15-17H2,1-2H3,(H,29,32)(H,30,33). The van der Waals surface area contributed by atoms with Gasteiger partial charge in [0.2, 0.25) is 5.91 Å². The van der Waals surface area contributed by atoms with Gasteiger partial charge in [0, 0.05) is 30.8 Å². The lowest BCUT2D eigenvalue weighted by atomic mass is 10.1. The number of para-hydroxylation sites is 2. The molecular formula is C26H27F2N3O4. The van der Waals surface area contributed by atoms with Crippen molar-refractivity contribution in [3.8, 4) is 11.5 Å². The molecule has 0 aliphatic rings. The zero-order chi connectivity index (χ0) is 25.2. The number of hydrogen-bond acceptors (Lipinski definition) is 5. The second kappa shape index (κ2) is 12.5. The largest absolute Gasteiger partial charge is 0.495 e. The minimum Gasteiger partial charge on any atom is -0.495 e. The van der Waals surface area contributed by atoms with Gasteiger partial charge in [0.15, 0.2) is 0 Å². The van der Waals surface area contributed by atoms with E-state index in [1.165, 1.54) is 19.2 Å². The van der Waals surface area contributed by atoms with Crippen molar-refractivity contribution in [3.63, 3.8) is 0 Å². The molecule has 0 fully saturated rings. The third-order valence-electron chi connectivity index (χ3n) is 5.11. The molecule has 0 aliphatic carbocycles. The van der Waals surface area contributed by atoms with Gasteiger partial charge in [-0.3, -0.25) is 9.59 Å². The SMILES string of the molecule is COc1ccccc1NC(=O)c1ccc(NC(=O)CCN(C)Cc2ccc(OC(F)F)cc2)cc1. The normalized spacial score (nSPS) is 10.8. The second-order valence-electron chi connectivity index (χ2n) is 7.79. The van der Waals surface area contributed by atoms with Crippen LogP contribution in [0.2, 0.25) is 0 Å². The maximum absolute atomic E-state index is 12.5. The highest BCUT2D eigenvalue weighted by Gasteiger charge is 2.11. The number of benzene rings is 3. The first kappa shape index (κ1) is 25.6. The Balaban J connectivity index is 1.44. The van der Waals surface area contributed by atoms with Crippen molar-refractivity contribution in [1.29, 1.82) is 0 Å². The average Bonchev–Trinajstić information content (AvgIpc) is 2.84. The summed E-state index contributed by atoms with van der Waals surface area (Å²) in [5.74, 6) is 0.216. The van der Waals surface area contributed by atoms with E-state index in [9.17, 15) is 18.4 Å². The molecule has 0 spiro atoms. The van der Waals surface area contributed by atoms with Crippen molar-refractivity contribution in [2.75, 3.05) is 31.3 Å². The number of nitrogens with one attached hydrogen (secondary N) is 2. The molecule has 0 unspecified atom stereocenters. The van der Waals surface area contributed by atoms with Crippen molar-refractivity contribution >= 4 is 23.2 Å². The van der Waals surface area contributed by atoms with Crippen molar-refractivity contribution < 1.29 is 27.8 Å². The number of anilines is 2. The molecule has 35 heavy (non-hydrogen) atoms. The van der Waals surface area contributed by atoms with E-state index in [4.69, 9.17) is 4.74 Å². The van der Waals surface area contributed by atoms with Gasteiger partial charge < -0.3 is 25.0 Å². The van der Waals surface area contributed by atoms with E-state index >= 15 is 0 Å². The Kier molecular flexibility index (Phi) is 9.14. The van der Waals surface area contributed by atoms with Crippen molar-refractivity contribution in [1.82, 2.24) is 4.90 Å². The van der Waals surface area contributed by atoms with E-state index in [2.05, 4.69) is 15.4 Å². The van der Waals surface area contributed by atoms with Crippen LogP contribution in [0, 0.1) is 0 Å². The molecule has 0 saturated carbocycles. The van der Waals surface area contributed by atoms with Crippen molar-refractivity contribution in [2.45, 2.75) is 19.6 Å². The summed E-state index contributed by atoms with van der Waals surface area (Å²) in [4.78, 5) is 26.8. The molecule has 0 saturated heterocycles. The number of methoxy groups -OCH3 is 1. The number of carbonyl (C=O) groups excluding carboxylic acids is 2. The van der Waals surface area contributed by atoms with Crippen LogP contribution in [-0.2, 0) is 11.3 Å². The van der Waals surface area contributed by atoms with Crippen LogP contribution in [0.25, 0.3) is 0 Å². The molecule has 2 N–H and O–H groups in total. The monoisotopic (exact) mass is 483 g/mol. The number of amides is 2. The smallest absolute Gasteiger partial charge is 0.387 e. The van der Waals surface area contributed by atoms with Gasteiger partial charge in [-0.05, 0) is 61.1 Å². The molecule has 3 aromatic rings. The van der Waals surface area contributed by atoms with E-state index < -0.39 is 6.61 Å².